The summed E-state index contributed by atoms with van der Waals surface area (Å²) in [7, 11) is 0. The fraction of sp³-hybridized carbons (Fsp3) is 0.765. The lowest BCUT2D eigenvalue weighted by Crippen LogP contribution is -2.63. The summed E-state index contributed by atoms with van der Waals surface area (Å²) in [4.78, 5) is 16.2. The number of nitrogens with one attached hydrogen (secondary N) is 2. The smallest absolute Gasteiger partial charge is 0.315 e. The first-order chi connectivity index (χ1) is 10.6. The standard InChI is InChI=1S/C17H29N3O3/c1-7-22-12-8-11(17(12,5)6)20-15(21)19-10-14-18-9-13(23-14)16(2,3)4/h9,11-12H,7-8,10H2,1-6H3,(H2,19,20,21)/t11-,12-/m1/s1. The van der Waals surface area contributed by atoms with Gasteiger partial charge in [0, 0.05) is 23.5 Å². The van der Waals surface area contributed by atoms with Crippen molar-refractivity contribution in [2.75, 3.05) is 6.61 Å². The third kappa shape index (κ3) is 4.05. The SMILES string of the molecule is CCO[C@@H]1C[C@@H](NC(=O)NCc2ncc(C(C)(C)C)o2)C1(C)C. The number of hydrogen-bond acceptors (Lipinski definition) is 4. The molecule has 0 radical (unpaired) electrons. The molecule has 2 atom stereocenters. The zero-order valence-electron chi connectivity index (χ0n) is 15.0. The van der Waals surface area contributed by atoms with Crippen LogP contribution in [0.1, 0.15) is 59.6 Å². The van der Waals surface area contributed by atoms with Gasteiger partial charge in [-0.3, -0.25) is 0 Å². The van der Waals surface area contributed by atoms with Crippen molar-refractivity contribution in [3.63, 3.8) is 0 Å². The molecule has 0 aromatic carbocycles. The Hall–Kier alpha value is -1.56. The predicted octanol–water partition coefficient (Wildman–Crippen LogP) is 2.97. The number of urea groups is 1. The van der Waals surface area contributed by atoms with Gasteiger partial charge in [-0.15, -0.1) is 0 Å². The van der Waals surface area contributed by atoms with E-state index >= 15 is 0 Å². The van der Waals surface area contributed by atoms with Crippen LogP contribution < -0.4 is 10.6 Å². The molecule has 1 saturated carbocycles. The van der Waals surface area contributed by atoms with Crippen molar-refractivity contribution in [3.8, 4) is 0 Å². The van der Waals surface area contributed by atoms with Gasteiger partial charge in [-0.05, 0) is 13.3 Å². The van der Waals surface area contributed by atoms with E-state index in [2.05, 4.69) is 50.2 Å². The second kappa shape index (κ2) is 6.51. The molecule has 130 valence electrons. The van der Waals surface area contributed by atoms with Crippen molar-refractivity contribution in [3.05, 3.63) is 17.8 Å². The average molecular weight is 323 g/mol. The number of ether oxygens (including phenoxy) is 1. The number of oxazole rings is 1. The lowest BCUT2D eigenvalue weighted by Gasteiger charge is -2.51. The first-order valence-corrected chi connectivity index (χ1v) is 8.25. The molecule has 0 aliphatic heterocycles. The van der Waals surface area contributed by atoms with Crippen LogP contribution in [0, 0.1) is 5.41 Å². The molecule has 0 spiro atoms. The second-order valence-electron chi connectivity index (χ2n) is 7.75. The summed E-state index contributed by atoms with van der Waals surface area (Å²) in [5.41, 5.74) is -0.132. The highest BCUT2D eigenvalue weighted by molar-refractivity contribution is 5.74. The van der Waals surface area contributed by atoms with E-state index in [1.807, 2.05) is 6.92 Å². The van der Waals surface area contributed by atoms with E-state index < -0.39 is 0 Å². The summed E-state index contributed by atoms with van der Waals surface area (Å²) in [5, 5.41) is 5.80. The number of carbonyl (C=O) groups excluding carboxylic acids is 1. The van der Waals surface area contributed by atoms with Crippen LogP contribution in [0.15, 0.2) is 10.6 Å². The number of hydrogen-bond donors (Lipinski definition) is 2. The van der Waals surface area contributed by atoms with Gasteiger partial charge >= 0.3 is 6.03 Å². The minimum Gasteiger partial charge on any atom is -0.443 e. The van der Waals surface area contributed by atoms with Crippen LogP contribution in [0.5, 0.6) is 0 Å². The highest BCUT2D eigenvalue weighted by atomic mass is 16.5. The monoisotopic (exact) mass is 323 g/mol. The highest BCUT2D eigenvalue weighted by Crippen LogP contribution is 2.42. The van der Waals surface area contributed by atoms with E-state index in [1.54, 1.807) is 6.20 Å². The van der Waals surface area contributed by atoms with Crippen LogP contribution in [-0.4, -0.2) is 29.8 Å². The highest BCUT2D eigenvalue weighted by Gasteiger charge is 2.49. The van der Waals surface area contributed by atoms with E-state index in [-0.39, 0.29) is 35.6 Å². The summed E-state index contributed by atoms with van der Waals surface area (Å²) in [6, 6.07) is -0.0812. The maximum absolute atomic E-state index is 12.0. The number of amides is 2. The van der Waals surface area contributed by atoms with Gasteiger partial charge < -0.3 is 19.8 Å². The van der Waals surface area contributed by atoms with Crippen molar-refractivity contribution in [2.45, 2.75) is 72.1 Å². The molecule has 6 heteroatoms. The van der Waals surface area contributed by atoms with Gasteiger partial charge in [0.15, 0.2) is 0 Å². The molecule has 2 rings (SSSR count). The van der Waals surface area contributed by atoms with Gasteiger partial charge in [0.05, 0.1) is 18.8 Å². The molecule has 23 heavy (non-hydrogen) atoms. The van der Waals surface area contributed by atoms with Crippen molar-refractivity contribution < 1.29 is 13.9 Å². The Balaban J connectivity index is 1.79. The largest absolute Gasteiger partial charge is 0.443 e. The molecule has 1 aliphatic rings. The Morgan fingerprint density at radius 2 is 2.17 bits per heavy atom. The maximum Gasteiger partial charge on any atom is 0.315 e. The fourth-order valence-corrected chi connectivity index (χ4v) is 2.72. The topological polar surface area (TPSA) is 76.4 Å². The first kappa shape index (κ1) is 17.8. The molecular weight excluding hydrogens is 294 g/mol. The third-order valence-corrected chi connectivity index (χ3v) is 4.54. The predicted molar refractivity (Wildman–Crippen MR) is 88.2 cm³/mol. The Kier molecular flexibility index (Phi) is 5.04. The molecule has 2 N–H and O–H groups in total. The van der Waals surface area contributed by atoms with Crippen LogP contribution in [0.3, 0.4) is 0 Å². The Labute approximate surface area is 138 Å². The Morgan fingerprint density at radius 3 is 2.70 bits per heavy atom. The molecule has 6 nitrogen and oxygen atoms in total. The van der Waals surface area contributed by atoms with Gasteiger partial charge in [-0.2, -0.15) is 0 Å². The Bertz CT molecular complexity index is 546. The minimum absolute atomic E-state index is 0.0459. The van der Waals surface area contributed by atoms with Crippen LogP contribution >= 0.6 is 0 Å². The normalized spacial score (nSPS) is 23.2. The molecule has 1 aliphatic carbocycles. The molecule has 1 aromatic rings. The van der Waals surface area contributed by atoms with Gasteiger partial charge in [-0.1, -0.05) is 34.6 Å². The third-order valence-electron chi connectivity index (χ3n) is 4.54. The lowest BCUT2D eigenvalue weighted by molar-refractivity contribution is -0.110. The zero-order valence-corrected chi connectivity index (χ0v) is 15.0. The lowest BCUT2D eigenvalue weighted by atomic mass is 9.64. The summed E-state index contributed by atoms with van der Waals surface area (Å²) >= 11 is 0. The van der Waals surface area contributed by atoms with E-state index in [4.69, 9.17) is 9.15 Å². The fourth-order valence-electron chi connectivity index (χ4n) is 2.72. The van der Waals surface area contributed by atoms with Crippen LogP contribution in [0.2, 0.25) is 0 Å². The summed E-state index contributed by atoms with van der Waals surface area (Å²) < 4.78 is 11.3. The number of rotatable bonds is 5. The second-order valence-corrected chi connectivity index (χ2v) is 7.75. The van der Waals surface area contributed by atoms with Gasteiger partial charge in [0.1, 0.15) is 5.76 Å². The first-order valence-electron chi connectivity index (χ1n) is 8.25. The van der Waals surface area contributed by atoms with Gasteiger partial charge in [-0.25, -0.2) is 9.78 Å². The van der Waals surface area contributed by atoms with Crippen molar-refractivity contribution in [1.29, 1.82) is 0 Å². The summed E-state index contributed by atoms with van der Waals surface area (Å²) in [6.45, 7) is 13.4. The molecule has 0 unspecified atom stereocenters. The Morgan fingerprint density at radius 1 is 1.48 bits per heavy atom. The molecule has 0 bridgehead atoms. The van der Waals surface area contributed by atoms with Crippen molar-refractivity contribution in [1.82, 2.24) is 15.6 Å². The van der Waals surface area contributed by atoms with Gasteiger partial charge in [0.25, 0.3) is 0 Å². The number of aromatic nitrogens is 1. The molecular formula is C17H29N3O3. The van der Waals surface area contributed by atoms with Gasteiger partial charge in [0.2, 0.25) is 5.89 Å². The minimum atomic E-state index is -0.200. The van der Waals surface area contributed by atoms with Crippen molar-refractivity contribution in [2.24, 2.45) is 5.41 Å². The van der Waals surface area contributed by atoms with Crippen molar-refractivity contribution >= 4 is 6.03 Å². The zero-order chi connectivity index (χ0) is 17.3. The van der Waals surface area contributed by atoms with E-state index in [9.17, 15) is 4.79 Å². The molecule has 1 heterocycles. The van der Waals surface area contributed by atoms with E-state index in [0.29, 0.717) is 12.5 Å². The summed E-state index contributed by atoms with van der Waals surface area (Å²) in [5.74, 6) is 1.33. The van der Waals surface area contributed by atoms with E-state index in [1.165, 1.54) is 0 Å². The van der Waals surface area contributed by atoms with Crippen LogP contribution in [0.25, 0.3) is 0 Å². The van der Waals surface area contributed by atoms with Crippen LogP contribution in [-0.2, 0) is 16.7 Å². The molecule has 0 saturated heterocycles. The van der Waals surface area contributed by atoms with E-state index in [0.717, 1.165) is 12.2 Å². The molecule has 1 aromatic heterocycles. The van der Waals surface area contributed by atoms with Crippen LogP contribution in [0.4, 0.5) is 4.79 Å². The number of nitrogens with zero attached hydrogens (tertiary/aromatic N) is 1. The quantitative estimate of drug-likeness (QED) is 0.873. The molecule has 2 amide bonds. The number of carbonyl (C=O) groups is 1. The summed E-state index contributed by atoms with van der Waals surface area (Å²) in [6.07, 6.45) is 2.77. The molecule has 1 fully saturated rings. The maximum atomic E-state index is 12.0. The average Bonchev–Trinajstić information content (AvgIpc) is 2.93.